The molecule has 0 aromatic rings. The Labute approximate surface area is 86.7 Å². The Hall–Kier alpha value is -0.120. The number of aliphatic hydroxyl groups is 2. The van der Waals surface area contributed by atoms with Gasteiger partial charge in [0.05, 0.1) is 12.2 Å². The van der Waals surface area contributed by atoms with Crippen molar-refractivity contribution in [3.05, 3.63) is 0 Å². The number of nitrogens with zero attached hydrogens (tertiary/aromatic N) is 1. The first-order valence-electron chi connectivity index (χ1n) is 5.72. The van der Waals surface area contributed by atoms with Crippen LogP contribution in [-0.4, -0.2) is 46.5 Å². The minimum atomic E-state index is -0.558. The van der Waals surface area contributed by atoms with E-state index in [0.717, 1.165) is 32.2 Å². The van der Waals surface area contributed by atoms with Gasteiger partial charge in [-0.3, -0.25) is 4.90 Å². The summed E-state index contributed by atoms with van der Waals surface area (Å²) in [6, 6.07) is 0.277. The maximum Gasteiger partial charge on any atom is 0.0769 e. The first kappa shape index (κ1) is 12.0. The van der Waals surface area contributed by atoms with Gasteiger partial charge in [0.15, 0.2) is 0 Å². The quantitative estimate of drug-likeness (QED) is 0.697. The molecule has 1 unspecified atom stereocenters. The van der Waals surface area contributed by atoms with E-state index in [1.165, 1.54) is 0 Å². The summed E-state index contributed by atoms with van der Waals surface area (Å²) in [7, 11) is 0. The van der Waals surface area contributed by atoms with Crippen molar-refractivity contribution in [1.29, 1.82) is 0 Å². The zero-order valence-electron chi connectivity index (χ0n) is 9.37. The molecule has 1 aliphatic rings. The van der Waals surface area contributed by atoms with Crippen molar-refractivity contribution in [2.75, 3.05) is 19.7 Å². The van der Waals surface area contributed by atoms with Gasteiger partial charge in [-0.05, 0) is 32.2 Å². The Morgan fingerprint density at radius 1 is 1.36 bits per heavy atom. The highest BCUT2D eigenvalue weighted by Gasteiger charge is 2.31. The van der Waals surface area contributed by atoms with Crippen molar-refractivity contribution in [1.82, 2.24) is 4.90 Å². The van der Waals surface area contributed by atoms with E-state index in [0.29, 0.717) is 6.54 Å². The summed E-state index contributed by atoms with van der Waals surface area (Å²) < 4.78 is 0. The standard InChI is InChI=1S/C11H23NO2/c1-3-11(14,4-2)9-12-7-5-6-10(12)8-13/h10,13-14H,3-9H2,1-2H3. The number of rotatable bonds is 5. The third kappa shape index (κ3) is 2.69. The van der Waals surface area contributed by atoms with Crippen molar-refractivity contribution >= 4 is 0 Å². The summed E-state index contributed by atoms with van der Waals surface area (Å²) in [6.07, 6.45) is 3.80. The van der Waals surface area contributed by atoms with Crippen LogP contribution in [0.15, 0.2) is 0 Å². The van der Waals surface area contributed by atoms with Crippen molar-refractivity contribution in [3.8, 4) is 0 Å². The summed E-state index contributed by atoms with van der Waals surface area (Å²) in [4.78, 5) is 2.23. The number of β-amino-alcohol motifs (C(OH)–C–C–N with tert-alkyl or cyclic N) is 1. The molecular weight excluding hydrogens is 178 g/mol. The van der Waals surface area contributed by atoms with Crippen LogP contribution in [0.1, 0.15) is 39.5 Å². The highest BCUT2D eigenvalue weighted by molar-refractivity contribution is 4.86. The zero-order chi connectivity index (χ0) is 10.6. The van der Waals surface area contributed by atoms with Crippen LogP contribution in [0.3, 0.4) is 0 Å². The van der Waals surface area contributed by atoms with E-state index >= 15 is 0 Å². The topological polar surface area (TPSA) is 43.7 Å². The van der Waals surface area contributed by atoms with Crippen LogP contribution in [-0.2, 0) is 0 Å². The van der Waals surface area contributed by atoms with E-state index in [1.807, 2.05) is 13.8 Å². The van der Waals surface area contributed by atoms with Gasteiger partial charge >= 0.3 is 0 Å². The van der Waals surface area contributed by atoms with E-state index in [9.17, 15) is 5.11 Å². The molecule has 1 heterocycles. The van der Waals surface area contributed by atoms with Gasteiger partial charge in [-0.2, -0.15) is 0 Å². The lowest BCUT2D eigenvalue weighted by Crippen LogP contribution is -2.45. The van der Waals surface area contributed by atoms with Crippen LogP contribution in [0.25, 0.3) is 0 Å². The molecule has 1 fully saturated rings. The molecule has 0 amide bonds. The molecular formula is C11H23NO2. The van der Waals surface area contributed by atoms with Crippen LogP contribution in [0.4, 0.5) is 0 Å². The third-order valence-electron chi connectivity index (χ3n) is 3.52. The second kappa shape index (κ2) is 5.10. The minimum absolute atomic E-state index is 0.226. The Kier molecular flexibility index (Phi) is 4.35. The highest BCUT2D eigenvalue weighted by Crippen LogP contribution is 2.23. The summed E-state index contributed by atoms with van der Waals surface area (Å²) in [5.41, 5.74) is -0.558. The van der Waals surface area contributed by atoms with Gasteiger partial charge in [-0.15, -0.1) is 0 Å². The van der Waals surface area contributed by atoms with Gasteiger partial charge in [0.1, 0.15) is 0 Å². The fourth-order valence-corrected chi connectivity index (χ4v) is 2.16. The lowest BCUT2D eigenvalue weighted by molar-refractivity contribution is -0.0120. The first-order valence-corrected chi connectivity index (χ1v) is 5.72. The van der Waals surface area contributed by atoms with Crippen LogP contribution in [0.5, 0.6) is 0 Å². The van der Waals surface area contributed by atoms with E-state index in [2.05, 4.69) is 4.90 Å². The highest BCUT2D eigenvalue weighted by atomic mass is 16.3. The normalized spacial score (nSPS) is 24.4. The lowest BCUT2D eigenvalue weighted by atomic mass is 9.96. The summed E-state index contributed by atoms with van der Waals surface area (Å²) in [6.45, 7) is 6.00. The summed E-state index contributed by atoms with van der Waals surface area (Å²) >= 11 is 0. The fraction of sp³-hybridized carbons (Fsp3) is 1.00. The Balaban J connectivity index is 2.49. The molecule has 0 radical (unpaired) electrons. The van der Waals surface area contributed by atoms with E-state index < -0.39 is 5.60 Å². The number of aliphatic hydroxyl groups excluding tert-OH is 1. The minimum Gasteiger partial charge on any atom is -0.395 e. The van der Waals surface area contributed by atoms with Gasteiger partial charge < -0.3 is 10.2 Å². The van der Waals surface area contributed by atoms with Crippen molar-refractivity contribution in [2.45, 2.75) is 51.2 Å². The molecule has 0 bridgehead atoms. The average molecular weight is 201 g/mol. The number of likely N-dealkylation sites (tertiary alicyclic amines) is 1. The number of hydrogen-bond acceptors (Lipinski definition) is 3. The molecule has 14 heavy (non-hydrogen) atoms. The molecule has 1 atom stereocenters. The van der Waals surface area contributed by atoms with Crippen LogP contribution in [0, 0.1) is 0 Å². The zero-order valence-corrected chi connectivity index (χ0v) is 9.37. The monoisotopic (exact) mass is 201 g/mol. The number of hydrogen-bond donors (Lipinski definition) is 2. The Morgan fingerprint density at radius 3 is 2.50 bits per heavy atom. The van der Waals surface area contributed by atoms with E-state index in [4.69, 9.17) is 5.11 Å². The molecule has 1 saturated heterocycles. The van der Waals surface area contributed by atoms with Crippen LogP contribution in [0.2, 0.25) is 0 Å². The summed E-state index contributed by atoms with van der Waals surface area (Å²) in [5.74, 6) is 0. The maximum atomic E-state index is 10.2. The van der Waals surface area contributed by atoms with Gasteiger partial charge in [-0.25, -0.2) is 0 Å². The fourth-order valence-electron chi connectivity index (χ4n) is 2.16. The SMILES string of the molecule is CCC(O)(CC)CN1CCCC1CO. The second-order valence-corrected chi connectivity index (χ2v) is 4.38. The predicted molar refractivity (Wildman–Crippen MR) is 57.2 cm³/mol. The molecule has 1 rings (SSSR count). The molecule has 2 N–H and O–H groups in total. The molecule has 84 valence electrons. The molecule has 1 aliphatic heterocycles. The summed E-state index contributed by atoms with van der Waals surface area (Å²) in [5, 5.41) is 19.3. The molecule has 3 heteroatoms. The second-order valence-electron chi connectivity index (χ2n) is 4.38. The van der Waals surface area contributed by atoms with Gasteiger partial charge in [0.25, 0.3) is 0 Å². The smallest absolute Gasteiger partial charge is 0.0769 e. The maximum absolute atomic E-state index is 10.2. The van der Waals surface area contributed by atoms with E-state index in [1.54, 1.807) is 0 Å². The molecule has 0 spiro atoms. The molecule has 0 aliphatic carbocycles. The average Bonchev–Trinajstić information content (AvgIpc) is 2.65. The van der Waals surface area contributed by atoms with Gasteiger partial charge in [0, 0.05) is 12.6 Å². The van der Waals surface area contributed by atoms with Gasteiger partial charge in [-0.1, -0.05) is 13.8 Å². The lowest BCUT2D eigenvalue weighted by Gasteiger charge is -2.33. The van der Waals surface area contributed by atoms with Crippen molar-refractivity contribution < 1.29 is 10.2 Å². The first-order chi connectivity index (χ1) is 6.65. The van der Waals surface area contributed by atoms with Crippen LogP contribution < -0.4 is 0 Å². The third-order valence-corrected chi connectivity index (χ3v) is 3.52. The predicted octanol–water partition coefficient (Wildman–Crippen LogP) is 0.994. The molecule has 0 saturated carbocycles. The largest absolute Gasteiger partial charge is 0.395 e. The van der Waals surface area contributed by atoms with Gasteiger partial charge in [0.2, 0.25) is 0 Å². The Morgan fingerprint density at radius 2 is 2.00 bits per heavy atom. The Bertz CT molecular complexity index is 169. The van der Waals surface area contributed by atoms with E-state index in [-0.39, 0.29) is 12.6 Å². The van der Waals surface area contributed by atoms with Crippen molar-refractivity contribution in [2.24, 2.45) is 0 Å². The molecule has 0 aromatic carbocycles. The molecule has 0 aromatic heterocycles. The van der Waals surface area contributed by atoms with Crippen LogP contribution >= 0.6 is 0 Å². The van der Waals surface area contributed by atoms with Crippen molar-refractivity contribution in [3.63, 3.8) is 0 Å². The molecule has 3 nitrogen and oxygen atoms in total.